The highest BCUT2D eigenvalue weighted by atomic mass is 16.5. The van der Waals surface area contributed by atoms with E-state index in [1.54, 1.807) is 42.6 Å². The number of nitrogens with zero attached hydrogens (tertiary/aromatic N) is 1. The molecule has 0 aromatic heterocycles. The Kier molecular flexibility index (Phi) is 7.54. The van der Waals surface area contributed by atoms with Crippen molar-refractivity contribution in [2.75, 3.05) is 6.61 Å². The van der Waals surface area contributed by atoms with Crippen LogP contribution in [0, 0.1) is 6.92 Å². The van der Waals surface area contributed by atoms with Crippen molar-refractivity contribution in [2.45, 2.75) is 19.9 Å². The number of ether oxygens (including phenoxy) is 1. The lowest BCUT2D eigenvalue weighted by atomic mass is 10.1. The highest BCUT2D eigenvalue weighted by Gasteiger charge is 2.09. The first kappa shape index (κ1) is 21.8. The molecule has 0 unspecified atom stereocenters. The zero-order valence-electron chi connectivity index (χ0n) is 17.5. The van der Waals surface area contributed by atoms with Crippen LogP contribution >= 0.6 is 0 Å². The fourth-order valence-electron chi connectivity index (χ4n) is 2.84. The molecular weight excluding hydrogens is 390 g/mol. The summed E-state index contributed by atoms with van der Waals surface area (Å²) < 4.78 is 5.54. The highest BCUT2D eigenvalue weighted by molar-refractivity contribution is 5.94. The molecular formula is C25H25N3O3. The van der Waals surface area contributed by atoms with Crippen LogP contribution in [-0.4, -0.2) is 24.6 Å². The molecule has 0 spiro atoms. The minimum absolute atomic E-state index is 0.0722. The van der Waals surface area contributed by atoms with Gasteiger partial charge in [0, 0.05) is 5.56 Å². The molecule has 2 amide bonds. The van der Waals surface area contributed by atoms with E-state index in [1.807, 2.05) is 56.3 Å². The van der Waals surface area contributed by atoms with Gasteiger partial charge in [-0.1, -0.05) is 48.0 Å². The Bertz CT molecular complexity index is 1030. The highest BCUT2D eigenvalue weighted by Crippen LogP contribution is 2.13. The van der Waals surface area contributed by atoms with Crippen LogP contribution in [0.4, 0.5) is 0 Å². The molecule has 0 aliphatic carbocycles. The second-order valence-corrected chi connectivity index (χ2v) is 7.12. The van der Waals surface area contributed by atoms with Crippen LogP contribution in [0.2, 0.25) is 0 Å². The lowest BCUT2D eigenvalue weighted by Crippen LogP contribution is -2.31. The third-order valence-corrected chi connectivity index (χ3v) is 4.62. The SMILES string of the molecule is Cc1ccc(C(=O)N/N=C/c2ccc(OCC(=O)N[C@H](C)c3ccccc3)cc2)cc1. The van der Waals surface area contributed by atoms with Gasteiger partial charge in [-0.15, -0.1) is 0 Å². The number of rotatable bonds is 8. The number of nitrogens with one attached hydrogen (secondary N) is 2. The van der Waals surface area contributed by atoms with Gasteiger partial charge in [0.2, 0.25) is 0 Å². The number of amides is 2. The molecule has 6 nitrogen and oxygen atoms in total. The molecule has 3 aromatic rings. The summed E-state index contributed by atoms with van der Waals surface area (Å²) in [6.45, 7) is 3.82. The summed E-state index contributed by atoms with van der Waals surface area (Å²) in [5.41, 5.74) is 5.96. The molecule has 158 valence electrons. The van der Waals surface area contributed by atoms with Crippen molar-refractivity contribution in [2.24, 2.45) is 5.10 Å². The van der Waals surface area contributed by atoms with Gasteiger partial charge in [-0.3, -0.25) is 9.59 Å². The first-order valence-electron chi connectivity index (χ1n) is 9.98. The molecule has 0 aliphatic rings. The van der Waals surface area contributed by atoms with Gasteiger partial charge < -0.3 is 10.1 Å². The van der Waals surface area contributed by atoms with Crippen LogP contribution in [0.1, 0.15) is 40.0 Å². The van der Waals surface area contributed by atoms with Crippen molar-refractivity contribution in [3.8, 4) is 5.75 Å². The summed E-state index contributed by atoms with van der Waals surface area (Å²) in [5.74, 6) is 0.108. The van der Waals surface area contributed by atoms with Crippen molar-refractivity contribution in [3.63, 3.8) is 0 Å². The number of aryl methyl sites for hydroxylation is 1. The third-order valence-electron chi connectivity index (χ3n) is 4.62. The lowest BCUT2D eigenvalue weighted by molar-refractivity contribution is -0.123. The van der Waals surface area contributed by atoms with Crippen LogP contribution in [0.25, 0.3) is 0 Å². The van der Waals surface area contributed by atoms with E-state index in [9.17, 15) is 9.59 Å². The van der Waals surface area contributed by atoms with Gasteiger partial charge in [0.1, 0.15) is 5.75 Å². The predicted octanol–water partition coefficient (Wildman–Crippen LogP) is 4.02. The van der Waals surface area contributed by atoms with Crippen LogP contribution in [0.5, 0.6) is 5.75 Å². The zero-order valence-corrected chi connectivity index (χ0v) is 17.5. The van der Waals surface area contributed by atoms with E-state index in [2.05, 4.69) is 15.8 Å². The van der Waals surface area contributed by atoms with Crippen molar-refractivity contribution in [3.05, 3.63) is 101 Å². The van der Waals surface area contributed by atoms with E-state index in [-0.39, 0.29) is 24.5 Å². The summed E-state index contributed by atoms with van der Waals surface area (Å²) in [6.07, 6.45) is 1.55. The molecule has 0 saturated heterocycles. The second-order valence-electron chi connectivity index (χ2n) is 7.12. The quantitative estimate of drug-likeness (QED) is 0.431. The van der Waals surface area contributed by atoms with Gasteiger partial charge in [0.15, 0.2) is 6.61 Å². The number of hydrogen-bond acceptors (Lipinski definition) is 4. The number of carbonyl (C=O) groups is 2. The monoisotopic (exact) mass is 415 g/mol. The maximum atomic E-state index is 12.1. The van der Waals surface area contributed by atoms with Gasteiger partial charge >= 0.3 is 0 Å². The van der Waals surface area contributed by atoms with Crippen LogP contribution in [0.3, 0.4) is 0 Å². The van der Waals surface area contributed by atoms with Crippen molar-refractivity contribution >= 4 is 18.0 Å². The van der Waals surface area contributed by atoms with Gasteiger partial charge in [0.05, 0.1) is 12.3 Å². The molecule has 3 rings (SSSR count). The second kappa shape index (κ2) is 10.7. The van der Waals surface area contributed by atoms with Crippen molar-refractivity contribution in [1.82, 2.24) is 10.7 Å². The number of hydrazone groups is 1. The van der Waals surface area contributed by atoms with E-state index in [4.69, 9.17) is 4.74 Å². The summed E-state index contributed by atoms with van der Waals surface area (Å²) in [6, 6.07) is 24.0. The van der Waals surface area contributed by atoms with E-state index in [0.717, 1.165) is 16.7 Å². The Morgan fingerprint density at radius 2 is 1.65 bits per heavy atom. The molecule has 31 heavy (non-hydrogen) atoms. The fraction of sp³-hybridized carbons (Fsp3) is 0.160. The van der Waals surface area contributed by atoms with E-state index in [0.29, 0.717) is 11.3 Å². The molecule has 0 radical (unpaired) electrons. The Labute approximate surface area is 182 Å². The molecule has 2 N–H and O–H groups in total. The first-order chi connectivity index (χ1) is 15.0. The summed E-state index contributed by atoms with van der Waals surface area (Å²) in [5, 5.41) is 6.88. The summed E-state index contributed by atoms with van der Waals surface area (Å²) in [4.78, 5) is 24.1. The van der Waals surface area contributed by atoms with E-state index >= 15 is 0 Å². The fourth-order valence-corrected chi connectivity index (χ4v) is 2.84. The molecule has 6 heteroatoms. The Morgan fingerprint density at radius 1 is 0.968 bits per heavy atom. The van der Waals surface area contributed by atoms with Gasteiger partial charge in [-0.25, -0.2) is 5.43 Å². The molecule has 1 atom stereocenters. The summed E-state index contributed by atoms with van der Waals surface area (Å²) >= 11 is 0. The third kappa shape index (κ3) is 6.82. The normalized spacial score (nSPS) is 11.7. The average Bonchev–Trinajstić information content (AvgIpc) is 2.79. The predicted molar refractivity (Wildman–Crippen MR) is 121 cm³/mol. The maximum Gasteiger partial charge on any atom is 0.271 e. The van der Waals surface area contributed by atoms with Crippen molar-refractivity contribution < 1.29 is 14.3 Å². The first-order valence-corrected chi connectivity index (χ1v) is 9.98. The Morgan fingerprint density at radius 3 is 2.32 bits per heavy atom. The molecule has 0 heterocycles. The van der Waals surface area contributed by atoms with Crippen LogP contribution in [0.15, 0.2) is 84.0 Å². The maximum absolute atomic E-state index is 12.1. The Balaban J connectivity index is 1.44. The number of carbonyl (C=O) groups excluding carboxylic acids is 2. The minimum atomic E-state index is -0.271. The number of benzene rings is 3. The number of hydrogen-bond donors (Lipinski definition) is 2. The van der Waals surface area contributed by atoms with Crippen LogP contribution < -0.4 is 15.5 Å². The van der Waals surface area contributed by atoms with Gasteiger partial charge in [-0.05, 0) is 61.4 Å². The zero-order chi connectivity index (χ0) is 22.1. The molecule has 3 aromatic carbocycles. The lowest BCUT2D eigenvalue weighted by Gasteiger charge is -2.14. The van der Waals surface area contributed by atoms with Gasteiger partial charge in [-0.2, -0.15) is 5.10 Å². The van der Waals surface area contributed by atoms with Gasteiger partial charge in [0.25, 0.3) is 11.8 Å². The van der Waals surface area contributed by atoms with Crippen molar-refractivity contribution in [1.29, 1.82) is 0 Å². The molecule has 0 bridgehead atoms. The molecule has 0 aliphatic heterocycles. The summed E-state index contributed by atoms with van der Waals surface area (Å²) in [7, 11) is 0. The Hall–Kier alpha value is -3.93. The standard InChI is InChI=1S/C25H25N3O3/c1-18-8-12-22(13-9-18)25(30)28-26-16-20-10-14-23(15-11-20)31-17-24(29)27-19(2)21-6-4-3-5-7-21/h3-16,19H,17H2,1-2H3,(H,27,29)(H,28,30)/b26-16+/t19-/m1/s1. The van der Waals surface area contributed by atoms with Crippen LogP contribution in [-0.2, 0) is 4.79 Å². The van der Waals surface area contributed by atoms with E-state index < -0.39 is 0 Å². The minimum Gasteiger partial charge on any atom is -0.484 e. The largest absolute Gasteiger partial charge is 0.484 e. The molecule has 0 saturated carbocycles. The molecule has 0 fully saturated rings. The smallest absolute Gasteiger partial charge is 0.271 e. The van der Waals surface area contributed by atoms with E-state index in [1.165, 1.54) is 0 Å². The topological polar surface area (TPSA) is 79.8 Å². The average molecular weight is 415 g/mol.